The third-order valence-corrected chi connectivity index (χ3v) is 2.55. The Bertz CT molecular complexity index is 344. The van der Waals surface area contributed by atoms with Crippen LogP contribution < -0.4 is 0 Å². The lowest BCUT2D eigenvalue weighted by molar-refractivity contribution is 0.148. The van der Waals surface area contributed by atoms with Crippen LogP contribution in [0.4, 0.5) is 0 Å². The van der Waals surface area contributed by atoms with Crippen molar-refractivity contribution in [3.63, 3.8) is 0 Å². The summed E-state index contributed by atoms with van der Waals surface area (Å²) in [5, 5.41) is 19.4. The molecule has 2 N–H and O–H groups in total. The minimum Gasteiger partial charge on any atom is -0.388 e. The van der Waals surface area contributed by atoms with E-state index in [0.29, 0.717) is 17.6 Å². The van der Waals surface area contributed by atoms with Crippen molar-refractivity contribution in [2.24, 2.45) is 0 Å². The first-order valence-electron chi connectivity index (χ1n) is 5.01. The molecule has 82 valence electrons. The monoisotopic (exact) mass is 206 g/mol. The first-order chi connectivity index (χ1) is 6.93. The molecule has 0 radical (unpaired) electrons. The van der Waals surface area contributed by atoms with Gasteiger partial charge in [-0.1, -0.05) is 30.9 Å². The fourth-order valence-electron chi connectivity index (χ4n) is 1.49. The molecule has 1 rings (SSSR count). The Labute approximate surface area is 90.9 Å². The third kappa shape index (κ3) is 2.67. The second kappa shape index (κ2) is 4.60. The van der Waals surface area contributed by atoms with Gasteiger partial charge in [-0.15, -0.1) is 0 Å². The summed E-state index contributed by atoms with van der Waals surface area (Å²) < 4.78 is 0. The van der Waals surface area contributed by atoms with E-state index in [1.807, 2.05) is 26.0 Å². The largest absolute Gasteiger partial charge is 0.388 e. The normalized spacial score (nSPS) is 29.5. The van der Waals surface area contributed by atoms with E-state index in [2.05, 4.69) is 13.2 Å². The average molecular weight is 206 g/mol. The molecule has 15 heavy (non-hydrogen) atoms. The highest BCUT2D eigenvalue weighted by molar-refractivity contribution is 5.44. The summed E-state index contributed by atoms with van der Waals surface area (Å²) in [6.07, 6.45) is 2.86. The Morgan fingerprint density at radius 3 is 2.47 bits per heavy atom. The molecule has 0 heterocycles. The number of hydrogen-bond acceptors (Lipinski definition) is 2. The summed E-state index contributed by atoms with van der Waals surface area (Å²) in [6.45, 7) is 11.5. The lowest BCUT2D eigenvalue weighted by Crippen LogP contribution is -2.29. The van der Waals surface area contributed by atoms with E-state index in [-0.39, 0.29) is 0 Å². The Hall–Kier alpha value is -1.12. The third-order valence-electron chi connectivity index (χ3n) is 2.55. The molecule has 1 fully saturated rings. The molecule has 0 spiro atoms. The number of aliphatic hydroxyl groups is 2. The van der Waals surface area contributed by atoms with Crippen LogP contribution in [-0.2, 0) is 0 Å². The van der Waals surface area contributed by atoms with Crippen LogP contribution in [0, 0.1) is 0 Å². The molecule has 0 aliphatic heterocycles. The maximum absolute atomic E-state index is 9.73. The summed E-state index contributed by atoms with van der Waals surface area (Å²) in [6, 6.07) is 0. The molecular weight excluding hydrogens is 188 g/mol. The summed E-state index contributed by atoms with van der Waals surface area (Å²) in [7, 11) is 0. The van der Waals surface area contributed by atoms with Crippen LogP contribution in [0.15, 0.2) is 47.6 Å². The number of aliphatic hydroxyl groups excluding tert-OH is 2. The first kappa shape index (κ1) is 12.0. The van der Waals surface area contributed by atoms with Gasteiger partial charge in [0.2, 0.25) is 0 Å². The molecule has 2 atom stereocenters. The highest BCUT2D eigenvalue weighted by atomic mass is 16.3. The minimum atomic E-state index is -0.814. The lowest BCUT2D eigenvalue weighted by atomic mass is 9.83. The van der Waals surface area contributed by atoms with Crippen molar-refractivity contribution in [1.29, 1.82) is 0 Å². The van der Waals surface area contributed by atoms with Crippen molar-refractivity contribution in [2.45, 2.75) is 32.5 Å². The van der Waals surface area contributed by atoms with Gasteiger partial charge in [0.25, 0.3) is 0 Å². The summed E-state index contributed by atoms with van der Waals surface area (Å²) in [5.74, 6) is 0. The second-order valence-corrected chi connectivity index (χ2v) is 4.16. The second-order valence-electron chi connectivity index (χ2n) is 4.16. The van der Waals surface area contributed by atoms with E-state index in [9.17, 15) is 10.2 Å². The van der Waals surface area contributed by atoms with E-state index >= 15 is 0 Å². The summed E-state index contributed by atoms with van der Waals surface area (Å²) in [5.41, 5.74) is 3.14. The summed E-state index contributed by atoms with van der Waals surface area (Å²) in [4.78, 5) is 0. The van der Waals surface area contributed by atoms with Gasteiger partial charge in [-0.25, -0.2) is 0 Å². The van der Waals surface area contributed by atoms with Gasteiger partial charge in [-0.3, -0.25) is 0 Å². The average Bonchev–Trinajstić information content (AvgIpc) is 2.18. The molecular formula is C13H18O2. The Morgan fingerprint density at radius 2 is 1.93 bits per heavy atom. The molecule has 2 heteroatoms. The van der Waals surface area contributed by atoms with Crippen molar-refractivity contribution < 1.29 is 10.2 Å². The molecule has 2 unspecified atom stereocenters. The van der Waals surface area contributed by atoms with Gasteiger partial charge in [0, 0.05) is 6.42 Å². The molecule has 1 saturated carbocycles. The molecule has 0 bridgehead atoms. The standard InChI is InChI=1S/C13H18O2/c1-8(2)5-6-11-7-12(14)10(4)13(15)9(11)3/h5-6,12-15H,3-4,7H2,1-2H3/b11-6+. The van der Waals surface area contributed by atoms with Crippen LogP contribution in [0.2, 0.25) is 0 Å². The molecule has 0 amide bonds. The van der Waals surface area contributed by atoms with Crippen molar-refractivity contribution in [3.05, 3.63) is 47.6 Å². The van der Waals surface area contributed by atoms with Gasteiger partial charge >= 0.3 is 0 Å². The van der Waals surface area contributed by atoms with Gasteiger partial charge in [-0.2, -0.15) is 0 Å². The van der Waals surface area contributed by atoms with Crippen LogP contribution in [0.1, 0.15) is 20.3 Å². The SMILES string of the molecule is C=C1/C(=C/C=C(C)C)CC(O)C(=C)C1O. The van der Waals surface area contributed by atoms with E-state index in [0.717, 1.165) is 5.57 Å². The molecule has 2 nitrogen and oxygen atoms in total. The molecule has 1 aliphatic rings. The Balaban J connectivity index is 2.93. The van der Waals surface area contributed by atoms with E-state index in [4.69, 9.17) is 0 Å². The first-order valence-corrected chi connectivity index (χ1v) is 5.01. The van der Waals surface area contributed by atoms with E-state index < -0.39 is 12.2 Å². The highest BCUT2D eigenvalue weighted by Crippen LogP contribution is 2.31. The van der Waals surface area contributed by atoms with Crippen molar-refractivity contribution in [3.8, 4) is 0 Å². The van der Waals surface area contributed by atoms with Crippen molar-refractivity contribution in [1.82, 2.24) is 0 Å². The maximum Gasteiger partial charge on any atom is 0.102 e. The predicted octanol–water partition coefficient (Wildman–Crippen LogP) is 2.12. The molecule has 1 aliphatic carbocycles. The summed E-state index contributed by atoms with van der Waals surface area (Å²) >= 11 is 0. The lowest BCUT2D eigenvalue weighted by Gasteiger charge is -2.29. The topological polar surface area (TPSA) is 40.5 Å². The fourth-order valence-corrected chi connectivity index (χ4v) is 1.49. The zero-order chi connectivity index (χ0) is 11.6. The van der Waals surface area contributed by atoms with Crippen LogP contribution in [0.5, 0.6) is 0 Å². The number of hydrogen-bond donors (Lipinski definition) is 2. The molecule has 0 aromatic carbocycles. The quantitative estimate of drug-likeness (QED) is 0.645. The van der Waals surface area contributed by atoms with Gasteiger partial charge in [0.1, 0.15) is 6.10 Å². The highest BCUT2D eigenvalue weighted by Gasteiger charge is 2.28. The van der Waals surface area contributed by atoms with Crippen molar-refractivity contribution in [2.75, 3.05) is 0 Å². The zero-order valence-corrected chi connectivity index (χ0v) is 9.33. The van der Waals surface area contributed by atoms with Gasteiger partial charge in [0.05, 0.1) is 6.10 Å². The van der Waals surface area contributed by atoms with Gasteiger partial charge < -0.3 is 10.2 Å². The smallest absolute Gasteiger partial charge is 0.102 e. The molecule has 0 aromatic heterocycles. The number of allylic oxidation sites excluding steroid dienone is 3. The minimum absolute atomic E-state index is 0.439. The van der Waals surface area contributed by atoms with E-state index in [1.165, 1.54) is 5.57 Å². The predicted molar refractivity (Wildman–Crippen MR) is 62.4 cm³/mol. The van der Waals surface area contributed by atoms with Crippen LogP contribution >= 0.6 is 0 Å². The Morgan fingerprint density at radius 1 is 1.33 bits per heavy atom. The van der Waals surface area contributed by atoms with Gasteiger partial charge in [-0.05, 0) is 30.6 Å². The van der Waals surface area contributed by atoms with Crippen molar-refractivity contribution >= 4 is 0 Å². The van der Waals surface area contributed by atoms with Crippen LogP contribution in [0.25, 0.3) is 0 Å². The number of rotatable bonds is 1. The molecule has 0 aromatic rings. The van der Waals surface area contributed by atoms with Gasteiger partial charge in [0.15, 0.2) is 0 Å². The van der Waals surface area contributed by atoms with E-state index in [1.54, 1.807) is 0 Å². The zero-order valence-electron chi connectivity index (χ0n) is 9.33. The Kier molecular flexibility index (Phi) is 3.66. The maximum atomic E-state index is 9.73. The fraction of sp³-hybridized carbons (Fsp3) is 0.385. The van der Waals surface area contributed by atoms with Crippen LogP contribution in [0.3, 0.4) is 0 Å². The molecule has 0 saturated heterocycles. The van der Waals surface area contributed by atoms with Crippen LogP contribution in [-0.4, -0.2) is 22.4 Å².